The third kappa shape index (κ3) is 1.97. The fraction of sp³-hybridized carbons (Fsp3) is 0.154. The molecule has 96 valence electrons. The highest BCUT2D eigenvalue weighted by molar-refractivity contribution is 5.62. The quantitative estimate of drug-likeness (QED) is 0.758. The molecule has 1 aromatic carbocycles. The molecule has 0 bridgehead atoms. The van der Waals surface area contributed by atoms with Crippen LogP contribution in [-0.2, 0) is 0 Å². The monoisotopic (exact) mass is 255 g/mol. The lowest BCUT2D eigenvalue weighted by molar-refractivity contribution is 0.532. The second kappa shape index (κ2) is 4.24. The molecule has 2 N–H and O–H groups in total. The average molecular weight is 255 g/mol. The van der Waals surface area contributed by atoms with Crippen molar-refractivity contribution in [3.8, 4) is 17.1 Å². The van der Waals surface area contributed by atoms with E-state index in [4.69, 9.17) is 10.2 Å². The summed E-state index contributed by atoms with van der Waals surface area (Å²) in [6.07, 6.45) is 1.66. The molecule has 2 heterocycles. The van der Waals surface area contributed by atoms with Gasteiger partial charge in [-0.05, 0) is 24.6 Å². The van der Waals surface area contributed by atoms with Crippen molar-refractivity contribution in [1.82, 2.24) is 20.0 Å². The molecular formula is C13H13N5O. The lowest BCUT2D eigenvalue weighted by atomic mass is 10.1. The first kappa shape index (κ1) is 11.5. The first-order valence-electron chi connectivity index (χ1n) is 5.86. The number of anilines is 1. The first-order chi connectivity index (χ1) is 9.15. The SMILES string of the molecule is Cc1nnc(-c2cc(-n3nccc3N)ccc2C)o1. The number of aryl methyl sites for hydroxylation is 2. The second-order valence-electron chi connectivity index (χ2n) is 4.29. The van der Waals surface area contributed by atoms with E-state index in [2.05, 4.69) is 15.3 Å². The van der Waals surface area contributed by atoms with E-state index in [9.17, 15) is 0 Å². The van der Waals surface area contributed by atoms with E-state index in [1.807, 2.05) is 25.1 Å². The van der Waals surface area contributed by atoms with Crippen LogP contribution in [0, 0.1) is 13.8 Å². The van der Waals surface area contributed by atoms with Crippen LogP contribution in [0.1, 0.15) is 11.5 Å². The summed E-state index contributed by atoms with van der Waals surface area (Å²) in [4.78, 5) is 0. The Kier molecular flexibility index (Phi) is 2.56. The average Bonchev–Trinajstić information content (AvgIpc) is 2.99. The van der Waals surface area contributed by atoms with Crippen LogP contribution in [-0.4, -0.2) is 20.0 Å². The van der Waals surface area contributed by atoms with Crippen molar-refractivity contribution in [2.45, 2.75) is 13.8 Å². The lowest BCUT2D eigenvalue weighted by Gasteiger charge is -2.07. The fourth-order valence-corrected chi connectivity index (χ4v) is 1.91. The third-order valence-electron chi connectivity index (χ3n) is 2.89. The molecule has 0 saturated heterocycles. The maximum Gasteiger partial charge on any atom is 0.248 e. The number of aromatic nitrogens is 4. The predicted octanol–water partition coefficient (Wildman–Crippen LogP) is 2.12. The van der Waals surface area contributed by atoms with Crippen molar-refractivity contribution in [3.05, 3.63) is 41.9 Å². The Morgan fingerprint density at radius 3 is 2.63 bits per heavy atom. The Bertz CT molecular complexity index is 728. The Hall–Kier alpha value is -2.63. The number of nitrogens with two attached hydrogens (primary N) is 1. The Morgan fingerprint density at radius 1 is 1.16 bits per heavy atom. The van der Waals surface area contributed by atoms with E-state index in [-0.39, 0.29) is 0 Å². The van der Waals surface area contributed by atoms with Gasteiger partial charge in [0.2, 0.25) is 11.8 Å². The molecule has 0 radical (unpaired) electrons. The van der Waals surface area contributed by atoms with Crippen molar-refractivity contribution in [1.29, 1.82) is 0 Å². The van der Waals surface area contributed by atoms with E-state index in [0.717, 1.165) is 16.8 Å². The van der Waals surface area contributed by atoms with Crippen LogP contribution < -0.4 is 5.73 Å². The topological polar surface area (TPSA) is 82.8 Å². The van der Waals surface area contributed by atoms with E-state index in [0.29, 0.717) is 17.6 Å². The molecule has 0 amide bonds. The molecule has 0 saturated carbocycles. The van der Waals surface area contributed by atoms with Crippen LogP contribution in [0.4, 0.5) is 5.82 Å². The molecule has 0 spiro atoms. The summed E-state index contributed by atoms with van der Waals surface area (Å²) in [6, 6.07) is 7.61. The van der Waals surface area contributed by atoms with Gasteiger partial charge in [0.1, 0.15) is 5.82 Å². The highest BCUT2D eigenvalue weighted by Gasteiger charge is 2.11. The predicted molar refractivity (Wildman–Crippen MR) is 70.7 cm³/mol. The van der Waals surface area contributed by atoms with Gasteiger partial charge in [-0.15, -0.1) is 10.2 Å². The van der Waals surface area contributed by atoms with Gasteiger partial charge >= 0.3 is 0 Å². The van der Waals surface area contributed by atoms with Gasteiger partial charge < -0.3 is 10.2 Å². The van der Waals surface area contributed by atoms with Crippen molar-refractivity contribution in [2.24, 2.45) is 0 Å². The van der Waals surface area contributed by atoms with E-state index >= 15 is 0 Å². The normalized spacial score (nSPS) is 10.8. The molecule has 0 atom stereocenters. The summed E-state index contributed by atoms with van der Waals surface area (Å²) >= 11 is 0. The minimum atomic E-state index is 0.502. The molecule has 6 heteroatoms. The molecule has 0 aliphatic heterocycles. The molecule has 0 unspecified atom stereocenters. The number of rotatable bonds is 2. The van der Waals surface area contributed by atoms with Crippen molar-refractivity contribution >= 4 is 5.82 Å². The van der Waals surface area contributed by atoms with Crippen LogP contribution >= 0.6 is 0 Å². The largest absolute Gasteiger partial charge is 0.421 e. The number of benzene rings is 1. The Labute approximate surface area is 109 Å². The van der Waals surface area contributed by atoms with E-state index < -0.39 is 0 Å². The van der Waals surface area contributed by atoms with Gasteiger partial charge in [-0.25, -0.2) is 4.68 Å². The molecule has 3 aromatic rings. The zero-order valence-corrected chi connectivity index (χ0v) is 10.7. The maximum absolute atomic E-state index is 5.85. The van der Waals surface area contributed by atoms with Crippen molar-refractivity contribution in [2.75, 3.05) is 5.73 Å². The molecule has 6 nitrogen and oxygen atoms in total. The van der Waals surface area contributed by atoms with Gasteiger partial charge in [0, 0.05) is 18.6 Å². The van der Waals surface area contributed by atoms with E-state index in [1.54, 1.807) is 23.9 Å². The molecule has 2 aromatic heterocycles. The summed E-state index contributed by atoms with van der Waals surface area (Å²) in [5, 5.41) is 12.1. The first-order valence-corrected chi connectivity index (χ1v) is 5.86. The molecule has 3 rings (SSSR count). The van der Waals surface area contributed by atoms with Crippen LogP contribution in [0.3, 0.4) is 0 Å². The van der Waals surface area contributed by atoms with Gasteiger partial charge in [-0.3, -0.25) is 0 Å². The Balaban J connectivity index is 2.14. The summed E-state index contributed by atoms with van der Waals surface area (Å²) in [5.41, 5.74) is 8.65. The molecule has 0 aliphatic rings. The Morgan fingerprint density at radius 2 is 2.00 bits per heavy atom. The van der Waals surface area contributed by atoms with Crippen molar-refractivity contribution in [3.63, 3.8) is 0 Å². The van der Waals surface area contributed by atoms with Gasteiger partial charge in [0.05, 0.1) is 11.9 Å². The zero-order valence-electron chi connectivity index (χ0n) is 10.7. The zero-order chi connectivity index (χ0) is 13.4. The van der Waals surface area contributed by atoms with Gasteiger partial charge in [0.25, 0.3) is 0 Å². The molecular weight excluding hydrogens is 242 g/mol. The minimum Gasteiger partial charge on any atom is -0.421 e. The van der Waals surface area contributed by atoms with Gasteiger partial charge in [-0.1, -0.05) is 6.07 Å². The smallest absolute Gasteiger partial charge is 0.248 e. The lowest BCUT2D eigenvalue weighted by Crippen LogP contribution is -2.02. The van der Waals surface area contributed by atoms with Gasteiger partial charge in [0.15, 0.2) is 0 Å². The molecule has 0 aliphatic carbocycles. The van der Waals surface area contributed by atoms with Crippen LogP contribution in [0.2, 0.25) is 0 Å². The van der Waals surface area contributed by atoms with Gasteiger partial charge in [-0.2, -0.15) is 5.10 Å². The number of hydrogen-bond donors (Lipinski definition) is 1. The second-order valence-corrected chi connectivity index (χ2v) is 4.29. The molecule has 19 heavy (non-hydrogen) atoms. The summed E-state index contributed by atoms with van der Waals surface area (Å²) in [6.45, 7) is 3.76. The summed E-state index contributed by atoms with van der Waals surface area (Å²) in [7, 11) is 0. The summed E-state index contributed by atoms with van der Waals surface area (Å²) < 4.78 is 7.13. The minimum absolute atomic E-state index is 0.502. The molecule has 0 fully saturated rings. The van der Waals surface area contributed by atoms with Crippen LogP contribution in [0.15, 0.2) is 34.9 Å². The summed E-state index contributed by atoms with van der Waals surface area (Å²) in [5.74, 6) is 1.62. The highest BCUT2D eigenvalue weighted by atomic mass is 16.4. The van der Waals surface area contributed by atoms with E-state index in [1.165, 1.54) is 0 Å². The third-order valence-corrected chi connectivity index (χ3v) is 2.89. The fourth-order valence-electron chi connectivity index (χ4n) is 1.91. The van der Waals surface area contributed by atoms with Crippen LogP contribution in [0.5, 0.6) is 0 Å². The number of nitrogens with zero attached hydrogens (tertiary/aromatic N) is 4. The highest BCUT2D eigenvalue weighted by Crippen LogP contribution is 2.25. The number of hydrogen-bond acceptors (Lipinski definition) is 5. The standard InChI is InChI=1S/C13H13N5O/c1-8-3-4-10(18-12(14)5-6-15-18)7-11(8)13-17-16-9(2)19-13/h3-7H,14H2,1-2H3. The van der Waals surface area contributed by atoms with Crippen molar-refractivity contribution < 1.29 is 4.42 Å². The maximum atomic E-state index is 5.85. The van der Waals surface area contributed by atoms with Crippen LogP contribution in [0.25, 0.3) is 17.1 Å². The number of nitrogen functional groups attached to an aromatic ring is 1.